The third kappa shape index (κ3) is 0.918. The number of hydrogen-bond acceptors (Lipinski definition) is 2. The highest BCUT2D eigenvalue weighted by Gasteiger charge is 2.37. The molecule has 2 nitrogen and oxygen atoms in total. The molecule has 76 valence electrons. The molecule has 3 heteroatoms. The van der Waals surface area contributed by atoms with Crippen molar-refractivity contribution in [2.24, 2.45) is 5.92 Å². The molecule has 0 radical (unpaired) electrons. The first-order valence-electron chi connectivity index (χ1n) is 5.55. The van der Waals surface area contributed by atoms with Gasteiger partial charge in [-0.15, -0.1) is 11.3 Å². The van der Waals surface area contributed by atoms with E-state index in [0.717, 1.165) is 5.92 Å². The van der Waals surface area contributed by atoms with Crippen LogP contribution in [0.4, 0.5) is 0 Å². The van der Waals surface area contributed by atoms with Gasteiger partial charge in [0, 0.05) is 10.4 Å². The summed E-state index contributed by atoms with van der Waals surface area (Å²) in [5.41, 5.74) is 2.75. The Balaban J connectivity index is 1.93. The molecule has 2 aliphatic rings. The maximum atomic E-state index is 4.28. The first-order chi connectivity index (χ1) is 7.45. The van der Waals surface area contributed by atoms with Crippen LogP contribution >= 0.6 is 11.3 Å². The molecular weight excluding hydrogens is 204 g/mol. The fourth-order valence-corrected chi connectivity index (χ4v) is 3.92. The summed E-state index contributed by atoms with van der Waals surface area (Å²) in [4.78, 5) is 5.85. The molecule has 0 spiro atoms. The summed E-state index contributed by atoms with van der Waals surface area (Å²) >= 11 is 1.91. The number of hydrogen-bond donors (Lipinski definition) is 0. The fourth-order valence-electron chi connectivity index (χ4n) is 2.82. The molecule has 0 amide bonds. The lowest BCUT2D eigenvalue weighted by Gasteiger charge is -2.32. The van der Waals surface area contributed by atoms with Gasteiger partial charge in [0.25, 0.3) is 0 Å². The maximum absolute atomic E-state index is 4.28. The van der Waals surface area contributed by atoms with E-state index in [-0.39, 0.29) is 0 Å². The minimum atomic E-state index is 0.603. The number of fused-ring (bicyclic) bond motifs is 3. The fraction of sp³-hybridized carbons (Fsp3) is 0.417. The lowest BCUT2D eigenvalue weighted by molar-refractivity contribution is 0.245. The van der Waals surface area contributed by atoms with Crippen LogP contribution in [0.2, 0.25) is 0 Å². The second kappa shape index (κ2) is 2.73. The zero-order valence-electron chi connectivity index (χ0n) is 8.39. The van der Waals surface area contributed by atoms with E-state index in [9.17, 15) is 0 Å². The monoisotopic (exact) mass is 216 g/mol. The molecule has 0 N–H and O–H groups in total. The zero-order valence-corrected chi connectivity index (χ0v) is 9.20. The SMILES string of the molecule is c1cc2c(s1)[C@H](C1CCC1)n1cncc1-2. The third-order valence-corrected chi connectivity index (χ3v) is 4.79. The minimum absolute atomic E-state index is 0.603. The molecular formula is C12H12N2S. The molecule has 4 rings (SSSR count). The van der Waals surface area contributed by atoms with E-state index < -0.39 is 0 Å². The van der Waals surface area contributed by atoms with Crippen molar-refractivity contribution in [1.82, 2.24) is 9.55 Å². The second-order valence-corrected chi connectivity index (χ2v) is 5.47. The van der Waals surface area contributed by atoms with Crippen molar-refractivity contribution in [2.75, 3.05) is 0 Å². The number of aromatic nitrogens is 2. The van der Waals surface area contributed by atoms with Crippen molar-refractivity contribution >= 4 is 11.3 Å². The molecule has 1 aliphatic carbocycles. The molecule has 1 aliphatic heterocycles. The molecule has 1 saturated carbocycles. The Labute approximate surface area is 92.6 Å². The predicted molar refractivity (Wildman–Crippen MR) is 61.0 cm³/mol. The Morgan fingerprint density at radius 2 is 2.33 bits per heavy atom. The summed E-state index contributed by atoms with van der Waals surface area (Å²) in [6, 6.07) is 2.85. The maximum Gasteiger partial charge on any atom is 0.0957 e. The van der Waals surface area contributed by atoms with Crippen LogP contribution in [0.5, 0.6) is 0 Å². The van der Waals surface area contributed by atoms with Crippen LogP contribution in [0.3, 0.4) is 0 Å². The molecule has 2 aromatic heterocycles. The van der Waals surface area contributed by atoms with E-state index in [1.807, 2.05) is 23.9 Å². The Morgan fingerprint density at radius 1 is 1.40 bits per heavy atom. The van der Waals surface area contributed by atoms with Gasteiger partial charge in [0.2, 0.25) is 0 Å². The van der Waals surface area contributed by atoms with Crippen molar-refractivity contribution in [1.29, 1.82) is 0 Å². The number of nitrogens with zero attached hydrogens (tertiary/aromatic N) is 2. The normalized spacial score (nSPS) is 23.6. The summed E-state index contributed by atoms with van der Waals surface area (Å²) < 4.78 is 2.38. The summed E-state index contributed by atoms with van der Waals surface area (Å²) in [5.74, 6) is 0.859. The topological polar surface area (TPSA) is 17.8 Å². The Morgan fingerprint density at radius 3 is 3.13 bits per heavy atom. The number of rotatable bonds is 1. The van der Waals surface area contributed by atoms with Crippen molar-refractivity contribution in [3.05, 3.63) is 28.8 Å². The van der Waals surface area contributed by atoms with Gasteiger partial charge < -0.3 is 4.57 Å². The van der Waals surface area contributed by atoms with E-state index in [1.165, 1.54) is 30.5 Å². The van der Waals surface area contributed by atoms with Gasteiger partial charge in [-0.25, -0.2) is 4.98 Å². The first kappa shape index (κ1) is 8.11. The Kier molecular flexibility index (Phi) is 1.47. The van der Waals surface area contributed by atoms with Gasteiger partial charge in [0.05, 0.1) is 24.3 Å². The second-order valence-electron chi connectivity index (χ2n) is 4.52. The van der Waals surface area contributed by atoms with Gasteiger partial charge in [-0.05, 0) is 30.2 Å². The quantitative estimate of drug-likeness (QED) is 0.715. The molecule has 1 atom stereocenters. The van der Waals surface area contributed by atoms with E-state index in [2.05, 4.69) is 21.0 Å². The van der Waals surface area contributed by atoms with Gasteiger partial charge in [-0.1, -0.05) is 6.42 Å². The van der Waals surface area contributed by atoms with Crippen LogP contribution in [0.1, 0.15) is 30.2 Å². The van der Waals surface area contributed by atoms with E-state index >= 15 is 0 Å². The van der Waals surface area contributed by atoms with E-state index in [4.69, 9.17) is 0 Å². The molecule has 0 aromatic carbocycles. The minimum Gasteiger partial charge on any atom is -0.322 e. The lowest BCUT2D eigenvalue weighted by Crippen LogP contribution is -2.23. The highest BCUT2D eigenvalue weighted by Crippen LogP contribution is 2.50. The Hall–Kier alpha value is -1.09. The van der Waals surface area contributed by atoms with Gasteiger partial charge in [-0.3, -0.25) is 0 Å². The third-order valence-electron chi connectivity index (χ3n) is 3.80. The highest BCUT2D eigenvalue weighted by atomic mass is 32.1. The predicted octanol–water partition coefficient (Wildman–Crippen LogP) is 3.31. The first-order valence-corrected chi connectivity index (χ1v) is 6.43. The number of thiophene rings is 1. The molecule has 15 heavy (non-hydrogen) atoms. The van der Waals surface area contributed by atoms with Crippen LogP contribution in [0, 0.1) is 5.92 Å². The lowest BCUT2D eigenvalue weighted by atomic mass is 9.79. The van der Waals surface area contributed by atoms with Crippen LogP contribution in [-0.4, -0.2) is 9.55 Å². The summed E-state index contributed by atoms with van der Waals surface area (Å²) in [6.45, 7) is 0. The largest absolute Gasteiger partial charge is 0.322 e. The van der Waals surface area contributed by atoms with E-state index in [0.29, 0.717) is 6.04 Å². The van der Waals surface area contributed by atoms with Crippen molar-refractivity contribution in [3.8, 4) is 11.3 Å². The van der Waals surface area contributed by atoms with Crippen molar-refractivity contribution in [2.45, 2.75) is 25.3 Å². The molecule has 2 aromatic rings. The number of imidazole rings is 1. The highest BCUT2D eigenvalue weighted by molar-refractivity contribution is 7.10. The molecule has 0 saturated heterocycles. The molecule has 3 heterocycles. The summed E-state index contributed by atoms with van der Waals surface area (Å²) in [6.07, 6.45) is 8.19. The van der Waals surface area contributed by atoms with E-state index in [1.54, 1.807) is 4.88 Å². The smallest absolute Gasteiger partial charge is 0.0957 e. The average Bonchev–Trinajstić information content (AvgIpc) is 2.79. The van der Waals surface area contributed by atoms with Crippen molar-refractivity contribution in [3.63, 3.8) is 0 Å². The molecule has 0 unspecified atom stereocenters. The zero-order chi connectivity index (χ0) is 9.83. The molecule has 0 bridgehead atoms. The molecule has 1 fully saturated rings. The Bertz CT molecular complexity index is 467. The van der Waals surface area contributed by atoms with Gasteiger partial charge in [0.1, 0.15) is 0 Å². The standard InChI is InChI=1S/C12H12N2S/c1-2-8(3-1)11-12-9(4-5-15-12)10-6-13-7-14(10)11/h4-8,11H,1-3H2/t11-/m0/s1. The van der Waals surface area contributed by atoms with Crippen LogP contribution in [-0.2, 0) is 0 Å². The summed E-state index contributed by atoms with van der Waals surface area (Å²) in [5, 5.41) is 2.22. The van der Waals surface area contributed by atoms with Gasteiger partial charge in [0.15, 0.2) is 0 Å². The van der Waals surface area contributed by atoms with Gasteiger partial charge >= 0.3 is 0 Å². The van der Waals surface area contributed by atoms with Gasteiger partial charge in [-0.2, -0.15) is 0 Å². The van der Waals surface area contributed by atoms with Crippen molar-refractivity contribution < 1.29 is 0 Å². The van der Waals surface area contributed by atoms with Crippen LogP contribution in [0.15, 0.2) is 24.0 Å². The van der Waals surface area contributed by atoms with Crippen LogP contribution < -0.4 is 0 Å². The average molecular weight is 216 g/mol. The van der Waals surface area contributed by atoms with Crippen LogP contribution in [0.25, 0.3) is 11.3 Å². The summed E-state index contributed by atoms with van der Waals surface area (Å²) in [7, 11) is 0.